The van der Waals surface area contributed by atoms with E-state index in [0.717, 1.165) is 67.6 Å². The van der Waals surface area contributed by atoms with E-state index in [0.29, 0.717) is 12.6 Å². The summed E-state index contributed by atoms with van der Waals surface area (Å²) in [6.45, 7) is 7.47. The molecule has 25 heavy (non-hydrogen) atoms. The molecule has 134 valence electrons. The molecule has 0 unspecified atom stereocenters. The lowest BCUT2D eigenvalue weighted by Crippen LogP contribution is -2.41. The molecule has 6 heteroatoms. The summed E-state index contributed by atoms with van der Waals surface area (Å²) in [7, 11) is 0. The molecule has 0 spiro atoms. The van der Waals surface area contributed by atoms with E-state index in [4.69, 9.17) is 9.40 Å². The number of hydrogen-bond acceptors (Lipinski definition) is 5. The van der Waals surface area contributed by atoms with Crippen LogP contribution in [0.3, 0.4) is 0 Å². The summed E-state index contributed by atoms with van der Waals surface area (Å²) >= 11 is 0. The third-order valence-corrected chi connectivity index (χ3v) is 5.39. The minimum absolute atomic E-state index is 0.0336. The number of nitrogens with one attached hydrogen (secondary N) is 1. The van der Waals surface area contributed by atoms with E-state index < -0.39 is 0 Å². The fourth-order valence-corrected chi connectivity index (χ4v) is 3.95. The third kappa shape index (κ3) is 3.35. The predicted octanol–water partition coefficient (Wildman–Crippen LogP) is 2.61. The number of aromatic nitrogens is 2. The normalized spacial score (nSPS) is 21.4. The van der Waals surface area contributed by atoms with Crippen LogP contribution in [0.2, 0.25) is 0 Å². The Morgan fingerprint density at radius 1 is 1.32 bits per heavy atom. The summed E-state index contributed by atoms with van der Waals surface area (Å²) in [6, 6.07) is 4.45. The molecule has 2 aliphatic rings. The second-order valence-corrected chi connectivity index (χ2v) is 7.33. The Hall–Kier alpha value is -2.08. The average molecular weight is 342 g/mol. The number of H-pyrrole nitrogens is 1. The highest BCUT2D eigenvalue weighted by atomic mass is 16.3. The maximum atomic E-state index is 12.5. The zero-order valence-corrected chi connectivity index (χ0v) is 15.0. The summed E-state index contributed by atoms with van der Waals surface area (Å²) in [4.78, 5) is 25.0. The van der Waals surface area contributed by atoms with Crippen LogP contribution in [0.4, 0.5) is 5.95 Å². The Labute approximate surface area is 147 Å². The van der Waals surface area contributed by atoms with E-state index in [1.807, 2.05) is 19.1 Å². The quantitative estimate of drug-likeness (QED) is 0.929. The van der Waals surface area contributed by atoms with Crippen LogP contribution in [0.25, 0.3) is 0 Å². The molecular weight excluding hydrogens is 316 g/mol. The SMILES string of the molecule is Cc1ccc(CN2CCc3c(nc(N4CCCC[C@H]4C)[nH]c3=O)C2)o1. The van der Waals surface area contributed by atoms with E-state index in [9.17, 15) is 4.79 Å². The van der Waals surface area contributed by atoms with E-state index in [-0.39, 0.29) is 5.56 Å². The standard InChI is InChI=1S/C19H26N4O2/c1-13-5-3-4-9-23(13)19-20-17-12-22(10-8-16(17)18(24)21-19)11-15-7-6-14(2)25-15/h6-7,13H,3-5,8-12H2,1-2H3,(H,20,21,24)/t13-/m1/s1. The van der Waals surface area contributed by atoms with Crippen molar-refractivity contribution in [3.63, 3.8) is 0 Å². The molecule has 0 aliphatic carbocycles. The summed E-state index contributed by atoms with van der Waals surface area (Å²) in [5.41, 5.74) is 1.80. The van der Waals surface area contributed by atoms with Crippen LogP contribution in [0, 0.1) is 6.92 Å². The van der Waals surface area contributed by atoms with E-state index in [1.54, 1.807) is 0 Å². The molecular formula is C19H26N4O2. The molecule has 2 aliphatic heterocycles. The van der Waals surface area contributed by atoms with Crippen molar-refractivity contribution in [2.75, 3.05) is 18.0 Å². The van der Waals surface area contributed by atoms with Gasteiger partial charge in [-0.15, -0.1) is 0 Å². The van der Waals surface area contributed by atoms with Gasteiger partial charge in [-0.3, -0.25) is 14.7 Å². The number of hydrogen-bond donors (Lipinski definition) is 1. The molecule has 1 saturated heterocycles. The van der Waals surface area contributed by atoms with Gasteiger partial charge in [0.1, 0.15) is 11.5 Å². The Morgan fingerprint density at radius 3 is 2.96 bits per heavy atom. The topological polar surface area (TPSA) is 65.4 Å². The fraction of sp³-hybridized carbons (Fsp3) is 0.579. The van der Waals surface area contributed by atoms with Crippen LogP contribution in [-0.2, 0) is 19.5 Å². The van der Waals surface area contributed by atoms with Gasteiger partial charge in [0.25, 0.3) is 5.56 Å². The highest BCUT2D eigenvalue weighted by Gasteiger charge is 2.25. The first kappa shape index (κ1) is 16.4. The van der Waals surface area contributed by atoms with Gasteiger partial charge in [0.15, 0.2) is 0 Å². The minimum atomic E-state index is 0.0336. The Balaban J connectivity index is 1.56. The molecule has 1 N–H and O–H groups in total. The number of piperidine rings is 1. The lowest BCUT2D eigenvalue weighted by atomic mass is 10.0. The number of furan rings is 1. The highest BCUT2D eigenvalue weighted by molar-refractivity contribution is 5.36. The first-order valence-electron chi connectivity index (χ1n) is 9.26. The Morgan fingerprint density at radius 2 is 2.20 bits per heavy atom. The van der Waals surface area contributed by atoms with Gasteiger partial charge in [0.05, 0.1) is 12.2 Å². The highest BCUT2D eigenvalue weighted by Crippen LogP contribution is 2.23. The first-order valence-corrected chi connectivity index (χ1v) is 9.26. The molecule has 2 aromatic heterocycles. The molecule has 0 radical (unpaired) electrons. The Kier molecular flexibility index (Phi) is 4.37. The van der Waals surface area contributed by atoms with Gasteiger partial charge in [-0.05, 0) is 51.7 Å². The second kappa shape index (κ2) is 6.67. The largest absolute Gasteiger partial charge is 0.465 e. The lowest BCUT2D eigenvalue weighted by molar-refractivity contribution is 0.220. The monoisotopic (exact) mass is 342 g/mol. The number of rotatable bonds is 3. The van der Waals surface area contributed by atoms with E-state index in [2.05, 4.69) is 21.7 Å². The molecule has 1 fully saturated rings. The van der Waals surface area contributed by atoms with Crippen molar-refractivity contribution in [1.82, 2.24) is 14.9 Å². The first-order chi connectivity index (χ1) is 12.1. The second-order valence-electron chi connectivity index (χ2n) is 7.33. The van der Waals surface area contributed by atoms with Crippen molar-refractivity contribution in [2.45, 2.75) is 58.7 Å². The van der Waals surface area contributed by atoms with Crippen LogP contribution < -0.4 is 10.5 Å². The molecule has 6 nitrogen and oxygen atoms in total. The van der Waals surface area contributed by atoms with Crippen LogP contribution in [0.15, 0.2) is 21.3 Å². The number of aryl methyl sites for hydroxylation is 1. The predicted molar refractivity (Wildman–Crippen MR) is 96.8 cm³/mol. The maximum absolute atomic E-state index is 12.5. The van der Waals surface area contributed by atoms with Crippen molar-refractivity contribution in [3.8, 4) is 0 Å². The lowest BCUT2D eigenvalue weighted by Gasteiger charge is -2.35. The van der Waals surface area contributed by atoms with E-state index in [1.165, 1.54) is 6.42 Å². The smallest absolute Gasteiger partial charge is 0.255 e. The van der Waals surface area contributed by atoms with Gasteiger partial charge >= 0.3 is 0 Å². The van der Waals surface area contributed by atoms with Gasteiger partial charge in [0.2, 0.25) is 5.95 Å². The Bertz CT molecular complexity index is 810. The molecule has 4 heterocycles. The zero-order valence-electron chi connectivity index (χ0n) is 15.0. The molecule has 4 rings (SSSR count). The van der Waals surface area contributed by atoms with Gasteiger partial charge in [-0.1, -0.05) is 0 Å². The summed E-state index contributed by atoms with van der Waals surface area (Å²) in [5.74, 6) is 2.64. The van der Waals surface area contributed by atoms with Gasteiger partial charge in [-0.25, -0.2) is 4.98 Å². The van der Waals surface area contributed by atoms with Crippen molar-refractivity contribution in [3.05, 3.63) is 45.3 Å². The zero-order chi connectivity index (χ0) is 17.4. The third-order valence-electron chi connectivity index (χ3n) is 5.39. The number of anilines is 1. The van der Waals surface area contributed by atoms with Gasteiger partial charge < -0.3 is 9.32 Å². The average Bonchev–Trinajstić information content (AvgIpc) is 3.00. The molecule has 0 aromatic carbocycles. The van der Waals surface area contributed by atoms with Crippen molar-refractivity contribution in [2.24, 2.45) is 0 Å². The minimum Gasteiger partial charge on any atom is -0.465 e. The van der Waals surface area contributed by atoms with Gasteiger partial charge in [-0.2, -0.15) is 0 Å². The summed E-state index contributed by atoms with van der Waals surface area (Å²) < 4.78 is 5.69. The summed E-state index contributed by atoms with van der Waals surface area (Å²) in [6.07, 6.45) is 4.32. The van der Waals surface area contributed by atoms with Crippen LogP contribution >= 0.6 is 0 Å². The van der Waals surface area contributed by atoms with Gasteiger partial charge in [0, 0.05) is 31.2 Å². The van der Waals surface area contributed by atoms with Crippen LogP contribution in [0.5, 0.6) is 0 Å². The molecule has 0 saturated carbocycles. The fourth-order valence-electron chi connectivity index (χ4n) is 3.95. The molecule has 0 amide bonds. The molecule has 0 bridgehead atoms. The number of aromatic amines is 1. The number of nitrogens with zero attached hydrogens (tertiary/aromatic N) is 3. The van der Waals surface area contributed by atoms with Crippen molar-refractivity contribution in [1.29, 1.82) is 0 Å². The molecule has 2 aromatic rings. The van der Waals surface area contributed by atoms with Crippen molar-refractivity contribution >= 4 is 5.95 Å². The molecule has 1 atom stereocenters. The van der Waals surface area contributed by atoms with Crippen LogP contribution in [-0.4, -0.2) is 34.0 Å². The number of fused-ring (bicyclic) bond motifs is 1. The van der Waals surface area contributed by atoms with Crippen LogP contribution in [0.1, 0.15) is 49.0 Å². The maximum Gasteiger partial charge on any atom is 0.255 e. The van der Waals surface area contributed by atoms with E-state index >= 15 is 0 Å². The summed E-state index contributed by atoms with van der Waals surface area (Å²) in [5, 5.41) is 0. The van der Waals surface area contributed by atoms with Crippen molar-refractivity contribution < 1.29 is 4.42 Å².